The summed E-state index contributed by atoms with van der Waals surface area (Å²) in [5.74, 6) is 0.774. The molecule has 1 N–H and O–H groups in total. The van der Waals surface area contributed by atoms with Gasteiger partial charge in [0.2, 0.25) is 0 Å². The Morgan fingerprint density at radius 3 is 2.55 bits per heavy atom. The van der Waals surface area contributed by atoms with Crippen molar-refractivity contribution >= 4 is 0 Å². The van der Waals surface area contributed by atoms with Crippen molar-refractivity contribution in [1.82, 2.24) is 5.32 Å². The molecule has 0 fully saturated rings. The van der Waals surface area contributed by atoms with E-state index in [-0.39, 0.29) is 0 Å². The number of benzene rings is 1. The first kappa shape index (κ1) is 17.2. The number of unbranched alkanes of at least 4 members (excludes halogenated alkanes) is 3. The highest BCUT2D eigenvalue weighted by Crippen LogP contribution is 2.17. The highest BCUT2D eigenvalue weighted by Gasteiger charge is 2.10. The first-order valence-corrected chi connectivity index (χ1v) is 8.40. The van der Waals surface area contributed by atoms with Crippen LogP contribution in [-0.2, 0) is 6.42 Å². The van der Waals surface area contributed by atoms with Crippen LogP contribution in [-0.4, -0.2) is 12.6 Å². The smallest absolute Gasteiger partial charge is 0.00104 e. The third kappa shape index (κ3) is 7.69. The Labute approximate surface area is 126 Å². The molecule has 1 atom stereocenters. The molecule has 20 heavy (non-hydrogen) atoms. The fraction of sp³-hybridized carbons (Fsp3) is 0.684. The van der Waals surface area contributed by atoms with Crippen molar-refractivity contribution in [3.05, 3.63) is 35.4 Å². The molecule has 0 bridgehead atoms. The summed E-state index contributed by atoms with van der Waals surface area (Å²) >= 11 is 0. The molecule has 0 radical (unpaired) electrons. The van der Waals surface area contributed by atoms with Gasteiger partial charge in [-0.15, -0.1) is 0 Å². The van der Waals surface area contributed by atoms with Gasteiger partial charge in [-0.1, -0.05) is 76.3 Å². The zero-order valence-corrected chi connectivity index (χ0v) is 13.9. The molecule has 0 amide bonds. The first-order chi connectivity index (χ1) is 9.61. The summed E-state index contributed by atoms with van der Waals surface area (Å²) in [6.07, 6.45) is 8.05. The minimum Gasteiger partial charge on any atom is -0.314 e. The molecular formula is C19H33N. The van der Waals surface area contributed by atoms with Gasteiger partial charge in [0.1, 0.15) is 0 Å². The van der Waals surface area contributed by atoms with Gasteiger partial charge in [0.25, 0.3) is 0 Å². The van der Waals surface area contributed by atoms with Gasteiger partial charge in [-0.05, 0) is 37.8 Å². The number of rotatable bonds is 10. The molecule has 1 heteroatoms. The van der Waals surface area contributed by atoms with E-state index in [9.17, 15) is 0 Å². The third-order valence-electron chi connectivity index (χ3n) is 3.89. The maximum Gasteiger partial charge on any atom is 0.00104 e. The monoisotopic (exact) mass is 275 g/mol. The second-order valence-corrected chi connectivity index (χ2v) is 6.47. The van der Waals surface area contributed by atoms with Crippen LogP contribution in [0.1, 0.15) is 64.0 Å². The van der Waals surface area contributed by atoms with Crippen molar-refractivity contribution in [1.29, 1.82) is 0 Å². The first-order valence-electron chi connectivity index (χ1n) is 8.40. The van der Waals surface area contributed by atoms with Gasteiger partial charge in [-0.25, -0.2) is 0 Å². The Balaban J connectivity index is 2.47. The Morgan fingerprint density at radius 2 is 1.90 bits per heavy atom. The molecular weight excluding hydrogens is 242 g/mol. The molecule has 0 spiro atoms. The summed E-state index contributed by atoms with van der Waals surface area (Å²) < 4.78 is 0. The summed E-state index contributed by atoms with van der Waals surface area (Å²) in [6, 6.07) is 9.59. The third-order valence-corrected chi connectivity index (χ3v) is 3.89. The summed E-state index contributed by atoms with van der Waals surface area (Å²) in [7, 11) is 0. The summed E-state index contributed by atoms with van der Waals surface area (Å²) in [5, 5.41) is 3.62. The highest BCUT2D eigenvalue weighted by atomic mass is 14.9. The molecule has 1 aromatic rings. The number of hydrogen-bond acceptors (Lipinski definition) is 1. The van der Waals surface area contributed by atoms with E-state index in [1.165, 1.54) is 49.7 Å². The average Bonchev–Trinajstić information content (AvgIpc) is 2.40. The maximum atomic E-state index is 3.62. The Kier molecular flexibility index (Phi) is 8.60. The second-order valence-electron chi connectivity index (χ2n) is 6.47. The molecule has 1 unspecified atom stereocenters. The Morgan fingerprint density at radius 1 is 1.10 bits per heavy atom. The summed E-state index contributed by atoms with van der Waals surface area (Å²) in [5.41, 5.74) is 2.88. The standard InChI is InChI=1S/C19H33N/c1-5-6-7-8-11-19(15-20-16(2)3)14-18-12-9-10-17(4)13-18/h9-10,12-13,16,19-20H,5-8,11,14-15H2,1-4H3. The quantitative estimate of drug-likeness (QED) is 0.584. The lowest BCUT2D eigenvalue weighted by Gasteiger charge is -2.19. The fourth-order valence-electron chi connectivity index (χ4n) is 2.71. The molecule has 1 aromatic carbocycles. The van der Waals surface area contributed by atoms with Gasteiger partial charge in [0, 0.05) is 6.04 Å². The second kappa shape index (κ2) is 9.99. The van der Waals surface area contributed by atoms with Crippen LogP contribution in [0.25, 0.3) is 0 Å². The van der Waals surface area contributed by atoms with E-state index in [2.05, 4.69) is 57.3 Å². The lowest BCUT2D eigenvalue weighted by atomic mass is 9.92. The largest absolute Gasteiger partial charge is 0.314 e. The highest BCUT2D eigenvalue weighted by molar-refractivity contribution is 5.22. The van der Waals surface area contributed by atoms with E-state index in [4.69, 9.17) is 0 Å². The Bertz CT molecular complexity index is 357. The van der Waals surface area contributed by atoms with Gasteiger partial charge in [-0.2, -0.15) is 0 Å². The molecule has 0 saturated carbocycles. The van der Waals surface area contributed by atoms with Crippen molar-refractivity contribution in [2.45, 2.75) is 72.3 Å². The molecule has 114 valence electrons. The van der Waals surface area contributed by atoms with Gasteiger partial charge in [0.05, 0.1) is 0 Å². The van der Waals surface area contributed by atoms with Crippen molar-refractivity contribution < 1.29 is 0 Å². The van der Waals surface area contributed by atoms with Gasteiger partial charge >= 0.3 is 0 Å². The van der Waals surface area contributed by atoms with Crippen molar-refractivity contribution in [2.75, 3.05) is 6.54 Å². The Hall–Kier alpha value is -0.820. The van der Waals surface area contributed by atoms with Crippen LogP contribution in [0, 0.1) is 12.8 Å². The van der Waals surface area contributed by atoms with Crippen LogP contribution in [0.5, 0.6) is 0 Å². The average molecular weight is 275 g/mol. The van der Waals surface area contributed by atoms with Crippen molar-refractivity contribution in [2.24, 2.45) is 5.92 Å². The molecule has 0 aromatic heterocycles. The van der Waals surface area contributed by atoms with Crippen LogP contribution in [0.4, 0.5) is 0 Å². The zero-order chi connectivity index (χ0) is 14.8. The van der Waals surface area contributed by atoms with Gasteiger partial charge in [-0.3, -0.25) is 0 Å². The fourth-order valence-corrected chi connectivity index (χ4v) is 2.71. The number of nitrogens with one attached hydrogen (secondary N) is 1. The van der Waals surface area contributed by atoms with Gasteiger partial charge in [0.15, 0.2) is 0 Å². The lowest BCUT2D eigenvalue weighted by Crippen LogP contribution is -2.30. The SMILES string of the molecule is CCCCCCC(CNC(C)C)Cc1cccc(C)c1. The molecule has 1 rings (SSSR count). The summed E-state index contributed by atoms with van der Waals surface area (Å²) in [6.45, 7) is 10.1. The van der Waals surface area contributed by atoms with Crippen LogP contribution < -0.4 is 5.32 Å². The van der Waals surface area contributed by atoms with Crippen LogP contribution in [0.2, 0.25) is 0 Å². The van der Waals surface area contributed by atoms with Crippen molar-refractivity contribution in [3.8, 4) is 0 Å². The number of aryl methyl sites for hydroxylation is 1. The molecule has 0 aliphatic heterocycles. The predicted molar refractivity (Wildman–Crippen MR) is 90.3 cm³/mol. The van der Waals surface area contributed by atoms with Crippen LogP contribution >= 0.6 is 0 Å². The van der Waals surface area contributed by atoms with E-state index in [1.807, 2.05) is 0 Å². The molecule has 1 nitrogen and oxygen atoms in total. The van der Waals surface area contributed by atoms with E-state index in [1.54, 1.807) is 0 Å². The van der Waals surface area contributed by atoms with Gasteiger partial charge < -0.3 is 5.32 Å². The van der Waals surface area contributed by atoms with Crippen LogP contribution in [0.3, 0.4) is 0 Å². The summed E-state index contributed by atoms with van der Waals surface area (Å²) in [4.78, 5) is 0. The minimum absolute atomic E-state index is 0.589. The number of hydrogen-bond donors (Lipinski definition) is 1. The maximum absolute atomic E-state index is 3.62. The normalized spacial score (nSPS) is 12.8. The van der Waals surface area contributed by atoms with Crippen LogP contribution in [0.15, 0.2) is 24.3 Å². The minimum atomic E-state index is 0.589. The van der Waals surface area contributed by atoms with E-state index in [0.29, 0.717) is 6.04 Å². The predicted octanol–water partition coefficient (Wildman–Crippen LogP) is 5.12. The van der Waals surface area contributed by atoms with E-state index < -0.39 is 0 Å². The zero-order valence-electron chi connectivity index (χ0n) is 13.9. The topological polar surface area (TPSA) is 12.0 Å². The van der Waals surface area contributed by atoms with E-state index >= 15 is 0 Å². The van der Waals surface area contributed by atoms with E-state index in [0.717, 1.165) is 12.5 Å². The lowest BCUT2D eigenvalue weighted by molar-refractivity contribution is 0.404. The molecule has 0 aliphatic rings. The molecule has 0 aliphatic carbocycles. The van der Waals surface area contributed by atoms with Crippen molar-refractivity contribution in [3.63, 3.8) is 0 Å². The molecule has 0 heterocycles. The molecule has 0 saturated heterocycles.